The summed E-state index contributed by atoms with van der Waals surface area (Å²) in [5.41, 5.74) is 1.44. The number of hydrogen-bond donors (Lipinski definition) is 1. The van der Waals surface area contributed by atoms with Gasteiger partial charge in [0.2, 0.25) is 0 Å². The molecule has 0 atom stereocenters. The molecule has 1 heterocycles. The zero-order valence-corrected chi connectivity index (χ0v) is 11.3. The van der Waals surface area contributed by atoms with Crippen LogP contribution in [0.4, 0.5) is 19.0 Å². The molecule has 0 spiro atoms. The Labute approximate surface area is 115 Å². The average Bonchev–Trinajstić information content (AvgIpc) is 2.36. The lowest BCUT2D eigenvalue weighted by Crippen LogP contribution is -2.32. The Bertz CT molecular complexity index is 596. The zero-order valence-electron chi connectivity index (χ0n) is 11.3. The van der Waals surface area contributed by atoms with Gasteiger partial charge in [0.05, 0.1) is 5.52 Å². The van der Waals surface area contributed by atoms with Crippen molar-refractivity contribution in [3.05, 3.63) is 35.9 Å². The first-order valence-corrected chi connectivity index (χ1v) is 6.22. The molecule has 0 saturated heterocycles. The topological polar surface area (TPSA) is 28.2 Å². The van der Waals surface area contributed by atoms with Gasteiger partial charge in [-0.3, -0.25) is 0 Å². The van der Waals surface area contributed by atoms with E-state index in [0.717, 1.165) is 15.8 Å². The van der Waals surface area contributed by atoms with Crippen LogP contribution in [0.2, 0.25) is 0 Å². The van der Waals surface area contributed by atoms with E-state index in [1.54, 1.807) is 13.1 Å². The van der Waals surface area contributed by atoms with Crippen molar-refractivity contribution >= 4 is 16.7 Å². The Morgan fingerprint density at radius 2 is 1.95 bits per heavy atom. The van der Waals surface area contributed by atoms with Crippen LogP contribution in [0.1, 0.15) is 5.56 Å². The fourth-order valence-electron chi connectivity index (χ4n) is 2.14. The van der Waals surface area contributed by atoms with E-state index in [2.05, 4.69) is 10.3 Å². The molecule has 0 radical (unpaired) electrons. The third-order valence-electron chi connectivity index (χ3n) is 2.93. The number of pyridine rings is 1. The number of fused-ring (bicyclic) bond motifs is 1. The van der Waals surface area contributed by atoms with E-state index < -0.39 is 12.7 Å². The van der Waals surface area contributed by atoms with Gasteiger partial charge in [-0.2, -0.15) is 13.2 Å². The van der Waals surface area contributed by atoms with Crippen molar-refractivity contribution in [1.82, 2.24) is 10.3 Å². The van der Waals surface area contributed by atoms with Crippen LogP contribution in [0.15, 0.2) is 30.3 Å². The molecule has 0 unspecified atom stereocenters. The fourth-order valence-corrected chi connectivity index (χ4v) is 2.14. The smallest absolute Gasteiger partial charge is 0.350 e. The molecular weight excluding hydrogens is 267 g/mol. The maximum Gasteiger partial charge on any atom is 0.405 e. The highest BCUT2D eigenvalue weighted by molar-refractivity contribution is 5.81. The molecule has 2 rings (SSSR count). The highest BCUT2D eigenvalue weighted by Crippen LogP contribution is 2.25. The van der Waals surface area contributed by atoms with Crippen LogP contribution in [0.25, 0.3) is 10.9 Å². The molecule has 0 bridgehead atoms. The fraction of sp³-hybridized carbons (Fsp3) is 0.357. The van der Waals surface area contributed by atoms with Crippen LogP contribution < -0.4 is 10.2 Å². The van der Waals surface area contributed by atoms with Gasteiger partial charge in [-0.25, -0.2) is 4.98 Å². The van der Waals surface area contributed by atoms with Crippen LogP contribution in [-0.2, 0) is 6.54 Å². The van der Waals surface area contributed by atoms with Gasteiger partial charge in [0.15, 0.2) is 0 Å². The number of nitrogens with one attached hydrogen (secondary N) is 1. The maximum atomic E-state index is 12.5. The SMILES string of the molecule is CNCc1cc2ccccc2nc1N(C)CC(F)(F)F. The molecule has 1 aromatic heterocycles. The van der Waals surface area contributed by atoms with E-state index in [1.165, 1.54) is 7.05 Å². The minimum atomic E-state index is -4.25. The number of hydrogen-bond acceptors (Lipinski definition) is 3. The van der Waals surface area contributed by atoms with Crippen molar-refractivity contribution in [2.24, 2.45) is 0 Å². The molecule has 0 amide bonds. The van der Waals surface area contributed by atoms with Gasteiger partial charge >= 0.3 is 6.18 Å². The molecule has 3 nitrogen and oxygen atoms in total. The molecular formula is C14H16F3N3. The molecule has 6 heteroatoms. The Morgan fingerprint density at radius 1 is 1.25 bits per heavy atom. The number of nitrogens with zero attached hydrogens (tertiary/aromatic N) is 2. The second kappa shape index (κ2) is 5.66. The van der Waals surface area contributed by atoms with Gasteiger partial charge in [0.1, 0.15) is 12.4 Å². The van der Waals surface area contributed by atoms with E-state index >= 15 is 0 Å². The Morgan fingerprint density at radius 3 is 2.60 bits per heavy atom. The number of halogens is 3. The first-order chi connectivity index (χ1) is 9.40. The van der Waals surface area contributed by atoms with Crippen molar-refractivity contribution in [3.8, 4) is 0 Å². The second-order valence-electron chi connectivity index (χ2n) is 4.67. The molecule has 20 heavy (non-hydrogen) atoms. The molecule has 1 aromatic carbocycles. The predicted molar refractivity (Wildman–Crippen MR) is 73.8 cm³/mol. The molecule has 108 valence electrons. The van der Waals surface area contributed by atoms with Gasteiger partial charge in [0, 0.05) is 24.5 Å². The van der Waals surface area contributed by atoms with Crippen LogP contribution >= 0.6 is 0 Å². The van der Waals surface area contributed by atoms with Crippen molar-refractivity contribution in [2.45, 2.75) is 12.7 Å². The zero-order chi connectivity index (χ0) is 14.8. The number of alkyl halides is 3. The van der Waals surface area contributed by atoms with Gasteiger partial charge < -0.3 is 10.2 Å². The summed E-state index contributed by atoms with van der Waals surface area (Å²) in [5.74, 6) is 0.357. The number of benzene rings is 1. The molecule has 1 N–H and O–H groups in total. The maximum absolute atomic E-state index is 12.5. The van der Waals surface area contributed by atoms with Gasteiger partial charge in [-0.15, -0.1) is 0 Å². The largest absolute Gasteiger partial charge is 0.405 e. The summed E-state index contributed by atoms with van der Waals surface area (Å²) in [6, 6.07) is 9.27. The summed E-state index contributed by atoms with van der Waals surface area (Å²) < 4.78 is 37.6. The highest BCUT2D eigenvalue weighted by Gasteiger charge is 2.30. The predicted octanol–water partition coefficient (Wildman–Crippen LogP) is 2.95. The van der Waals surface area contributed by atoms with Crippen molar-refractivity contribution < 1.29 is 13.2 Å². The Hall–Kier alpha value is -1.82. The first-order valence-electron chi connectivity index (χ1n) is 6.22. The Kier molecular flexibility index (Phi) is 4.13. The highest BCUT2D eigenvalue weighted by atomic mass is 19.4. The van der Waals surface area contributed by atoms with Crippen molar-refractivity contribution in [1.29, 1.82) is 0 Å². The third-order valence-corrected chi connectivity index (χ3v) is 2.93. The summed E-state index contributed by atoms with van der Waals surface area (Å²) >= 11 is 0. The Balaban J connectivity index is 2.46. The van der Waals surface area contributed by atoms with E-state index in [4.69, 9.17) is 0 Å². The molecule has 0 saturated carbocycles. The summed E-state index contributed by atoms with van der Waals surface area (Å²) in [6.45, 7) is -0.551. The van der Waals surface area contributed by atoms with Gasteiger partial charge in [-0.05, 0) is 19.2 Å². The van der Waals surface area contributed by atoms with E-state index in [1.807, 2.05) is 24.3 Å². The number of para-hydroxylation sites is 1. The van der Waals surface area contributed by atoms with Crippen LogP contribution in [-0.4, -0.2) is 31.8 Å². The molecule has 0 fully saturated rings. The average molecular weight is 283 g/mol. The number of rotatable bonds is 4. The van der Waals surface area contributed by atoms with E-state index in [9.17, 15) is 13.2 Å². The van der Waals surface area contributed by atoms with E-state index in [-0.39, 0.29) is 0 Å². The second-order valence-corrected chi connectivity index (χ2v) is 4.67. The summed E-state index contributed by atoms with van der Waals surface area (Å²) in [7, 11) is 3.16. The molecule has 0 aliphatic rings. The molecule has 0 aliphatic heterocycles. The van der Waals surface area contributed by atoms with Crippen molar-refractivity contribution in [3.63, 3.8) is 0 Å². The van der Waals surface area contributed by atoms with Crippen LogP contribution in [0, 0.1) is 0 Å². The quantitative estimate of drug-likeness (QED) is 0.935. The van der Waals surface area contributed by atoms with Crippen LogP contribution in [0.5, 0.6) is 0 Å². The third kappa shape index (κ3) is 3.39. The number of anilines is 1. The molecule has 0 aliphatic carbocycles. The minimum absolute atomic E-state index is 0.357. The van der Waals surface area contributed by atoms with Crippen molar-refractivity contribution in [2.75, 3.05) is 25.5 Å². The summed E-state index contributed by atoms with van der Waals surface area (Å²) in [6.07, 6.45) is -4.25. The van der Waals surface area contributed by atoms with E-state index in [0.29, 0.717) is 17.9 Å². The minimum Gasteiger partial charge on any atom is -0.350 e. The molecule has 2 aromatic rings. The lowest BCUT2D eigenvalue weighted by Gasteiger charge is -2.23. The monoisotopic (exact) mass is 283 g/mol. The summed E-state index contributed by atoms with van der Waals surface area (Å²) in [4.78, 5) is 5.50. The first kappa shape index (κ1) is 14.6. The van der Waals surface area contributed by atoms with Crippen LogP contribution in [0.3, 0.4) is 0 Å². The van der Waals surface area contributed by atoms with Gasteiger partial charge in [-0.1, -0.05) is 18.2 Å². The lowest BCUT2D eigenvalue weighted by molar-refractivity contribution is -0.119. The normalized spacial score (nSPS) is 11.8. The summed E-state index contributed by atoms with van der Waals surface area (Å²) in [5, 5.41) is 3.88. The van der Waals surface area contributed by atoms with Gasteiger partial charge in [0.25, 0.3) is 0 Å². The standard InChI is InChI=1S/C14H16F3N3/c1-18-8-11-7-10-5-3-4-6-12(10)19-13(11)20(2)9-14(15,16)17/h3-7,18H,8-9H2,1-2H3. The lowest BCUT2D eigenvalue weighted by atomic mass is 10.1. The number of aromatic nitrogens is 1.